The smallest absolute Gasteiger partial charge is 0.259 e. The second-order valence-electron chi connectivity index (χ2n) is 5.91. The molecular formula is C20H16ClF2N3O3. The fourth-order valence-electron chi connectivity index (χ4n) is 2.66. The van der Waals surface area contributed by atoms with Gasteiger partial charge in [0.1, 0.15) is 29.7 Å². The van der Waals surface area contributed by atoms with E-state index in [0.717, 1.165) is 12.1 Å². The van der Waals surface area contributed by atoms with Crippen molar-refractivity contribution in [3.63, 3.8) is 0 Å². The molecule has 0 unspecified atom stereocenters. The number of ether oxygens (including phenoxy) is 1. The fraction of sp³-hybridized carbons (Fsp3) is 0.100. The quantitative estimate of drug-likeness (QED) is 0.437. The van der Waals surface area contributed by atoms with Crippen molar-refractivity contribution in [3.05, 3.63) is 86.8 Å². The first kappa shape index (κ1) is 20.5. The summed E-state index contributed by atoms with van der Waals surface area (Å²) in [4.78, 5) is 14.9. The SMILES string of the molecule is N=C(c1cccc(OCCO)c1)c1c(Nc2c(F)cccc2F)c(Cl)c[nH]c1=O. The van der Waals surface area contributed by atoms with Crippen LogP contribution in [-0.4, -0.2) is 29.0 Å². The lowest BCUT2D eigenvalue weighted by Gasteiger charge is -2.15. The van der Waals surface area contributed by atoms with Gasteiger partial charge in [-0.2, -0.15) is 0 Å². The van der Waals surface area contributed by atoms with Crippen LogP contribution in [0.1, 0.15) is 11.1 Å². The lowest BCUT2D eigenvalue weighted by molar-refractivity contribution is 0.201. The molecule has 150 valence electrons. The Morgan fingerprint density at radius 1 is 1.17 bits per heavy atom. The van der Waals surface area contributed by atoms with Gasteiger partial charge in [0.05, 0.1) is 28.6 Å². The number of pyridine rings is 1. The number of hydrogen-bond donors (Lipinski definition) is 4. The number of anilines is 2. The number of aromatic nitrogens is 1. The number of H-pyrrole nitrogens is 1. The van der Waals surface area contributed by atoms with Gasteiger partial charge < -0.3 is 20.1 Å². The Kier molecular flexibility index (Phi) is 6.26. The average molecular weight is 420 g/mol. The van der Waals surface area contributed by atoms with Gasteiger partial charge >= 0.3 is 0 Å². The minimum absolute atomic E-state index is 0.0281. The van der Waals surface area contributed by atoms with Crippen LogP contribution in [0.4, 0.5) is 20.2 Å². The normalized spacial score (nSPS) is 10.6. The lowest BCUT2D eigenvalue weighted by atomic mass is 10.0. The van der Waals surface area contributed by atoms with Gasteiger partial charge in [0.2, 0.25) is 0 Å². The zero-order valence-corrected chi connectivity index (χ0v) is 15.7. The van der Waals surface area contributed by atoms with Crippen LogP contribution in [-0.2, 0) is 0 Å². The van der Waals surface area contributed by atoms with Crippen LogP contribution in [0, 0.1) is 17.0 Å². The maximum absolute atomic E-state index is 14.1. The van der Waals surface area contributed by atoms with Crippen LogP contribution < -0.4 is 15.6 Å². The van der Waals surface area contributed by atoms with Gasteiger partial charge in [0.15, 0.2) is 0 Å². The average Bonchev–Trinajstić information content (AvgIpc) is 2.71. The molecule has 0 aliphatic carbocycles. The van der Waals surface area contributed by atoms with Gasteiger partial charge in [-0.25, -0.2) is 8.78 Å². The summed E-state index contributed by atoms with van der Waals surface area (Å²) in [5, 5.41) is 19.8. The Labute approximate surface area is 169 Å². The van der Waals surface area contributed by atoms with E-state index in [1.807, 2.05) is 0 Å². The Morgan fingerprint density at radius 2 is 1.86 bits per heavy atom. The molecule has 0 fully saturated rings. The number of hydrogen-bond acceptors (Lipinski definition) is 5. The molecule has 0 aliphatic heterocycles. The van der Waals surface area contributed by atoms with E-state index in [2.05, 4.69) is 10.3 Å². The van der Waals surface area contributed by atoms with Crippen molar-refractivity contribution < 1.29 is 18.6 Å². The zero-order chi connectivity index (χ0) is 21.0. The van der Waals surface area contributed by atoms with Crippen LogP contribution >= 0.6 is 11.6 Å². The number of aliphatic hydroxyl groups is 1. The summed E-state index contributed by atoms with van der Waals surface area (Å²) >= 11 is 6.16. The van der Waals surface area contributed by atoms with Gasteiger partial charge in [0, 0.05) is 11.8 Å². The Morgan fingerprint density at radius 3 is 2.55 bits per heavy atom. The Bertz CT molecular complexity index is 1100. The molecule has 4 N–H and O–H groups in total. The highest BCUT2D eigenvalue weighted by molar-refractivity contribution is 6.34. The molecule has 0 spiro atoms. The second kappa shape index (κ2) is 8.85. The van der Waals surface area contributed by atoms with Crippen LogP contribution in [0.3, 0.4) is 0 Å². The van der Waals surface area contributed by atoms with E-state index < -0.39 is 22.9 Å². The molecule has 0 saturated carbocycles. The predicted molar refractivity (Wildman–Crippen MR) is 107 cm³/mol. The van der Waals surface area contributed by atoms with Crippen LogP contribution in [0.2, 0.25) is 5.02 Å². The molecule has 3 rings (SSSR count). The summed E-state index contributed by atoms with van der Waals surface area (Å²) in [6.07, 6.45) is 1.17. The molecule has 0 atom stereocenters. The van der Waals surface area contributed by atoms with Gasteiger partial charge in [-0.1, -0.05) is 29.8 Å². The second-order valence-corrected chi connectivity index (χ2v) is 6.32. The number of rotatable bonds is 7. The van der Waals surface area contributed by atoms with E-state index in [1.54, 1.807) is 18.2 Å². The van der Waals surface area contributed by atoms with Crippen LogP contribution in [0.15, 0.2) is 53.5 Å². The maximum atomic E-state index is 14.1. The first-order valence-electron chi connectivity index (χ1n) is 8.47. The van der Waals surface area contributed by atoms with Gasteiger partial charge in [-0.15, -0.1) is 0 Å². The van der Waals surface area contributed by atoms with E-state index in [4.69, 9.17) is 26.9 Å². The summed E-state index contributed by atoms with van der Waals surface area (Å²) in [6, 6.07) is 9.63. The number of halogens is 3. The van der Waals surface area contributed by atoms with Crippen molar-refractivity contribution >= 4 is 28.7 Å². The molecule has 2 aromatic carbocycles. The number of para-hydroxylation sites is 1. The van der Waals surface area contributed by atoms with Crippen molar-refractivity contribution in [3.8, 4) is 5.75 Å². The third-order valence-corrected chi connectivity index (χ3v) is 4.29. The minimum atomic E-state index is -0.877. The van der Waals surface area contributed by atoms with Gasteiger partial charge in [0.25, 0.3) is 5.56 Å². The molecule has 29 heavy (non-hydrogen) atoms. The van der Waals surface area contributed by atoms with Crippen molar-refractivity contribution in [2.24, 2.45) is 0 Å². The van der Waals surface area contributed by atoms with Gasteiger partial charge in [-0.3, -0.25) is 10.2 Å². The van der Waals surface area contributed by atoms with E-state index in [0.29, 0.717) is 11.3 Å². The summed E-state index contributed by atoms with van der Waals surface area (Å²) in [7, 11) is 0. The van der Waals surface area contributed by atoms with Crippen molar-refractivity contribution in [2.45, 2.75) is 0 Å². The lowest BCUT2D eigenvalue weighted by Crippen LogP contribution is -2.21. The predicted octanol–water partition coefficient (Wildman–Crippen LogP) is 3.84. The van der Waals surface area contributed by atoms with E-state index >= 15 is 0 Å². The highest BCUT2D eigenvalue weighted by atomic mass is 35.5. The molecule has 1 heterocycles. The Balaban J connectivity index is 2.07. The molecule has 0 saturated heterocycles. The standard InChI is InChI=1S/C20H16ClF2N3O3/c21-13-10-25-20(28)16(18(13)26-19-14(22)5-2-6-15(19)23)17(24)11-3-1-4-12(9-11)29-8-7-27/h1-6,9-10,24,27H,7-8H2,(H2,25,26,28). The first-order chi connectivity index (χ1) is 13.9. The van der Waals surface area contributed by atoms with Crippen LogP contribution in [0.5, 0.6) is 5.75 Å². The molecule has 3 aromatic rings. The van der Waals surface area contributed by atoms with E-state index in [9.17, 15) is 13.6 Å². The maximum Gasteiger partial charge on any atom is 0.259 e. The molecule has 0 aliphatic rings. The van der Waals surface area contributed by atoms with Crippen LogP contribution in [0.25, 0.3) is 0 Å². The van der Waals surface area contributed by atoms with E-state index in [-0.39, 0.29) is 35.2 Å². The fourth-order valence-corrected chi connectivity index (χ4v) is 2.85. The number of aliphatic hydroxyl groups excluding tert-OH is 1. The van der Waals surface area contributed by atoms with E-state index in [1.165, 1.54) is 18.3 Å². The third kappa shape index (κ3) is 4.44. The number of aromatic amines is 1. The highest BCUT2D eigenvalue weighted by Crippen LogP contribution is 2.31. The molecule has 0 amide bonds. The summed E-state index contributed by atoms with van der Waals surface area (Å²) in [5.74, 6) is -1.37. The molecule has 9 heteroatoms. The zero-order valence-electron chi connectivity index (χ0n) is 14.9. The topological polar surface area (TPSA) is 98.2 Å². The third-order valence-electron chi connectivity index (χ3n) is 3.99. The number of nitrogens with one attached hydrogen (secondary N) is 3. The summed E-state index contributed by atoms with van der Waals surface area (Å²) in [6.45, 7) is -0.119. The molecular weight excluding hydrogens is 404 g/mol. The Hall–Kier alpha value is -3.23. The highest BCUT2D eigenvalue weighted by Gasteiger charge is 2.20. The monoisotopic (exact) mass is 419 g/mol. The van der Waals surface area contributed by atoms with Crippen molar-refractivity contribution in [1.29, 1.82) is 5.41 Å². The van der Waals surface area contributed by atoms with Gasteiger partial charge in [-0.05, 0) is 24.3 Å². The summed E-state index contributed by atoms with van der Waals surface area (Å²) < 4.78 is 33.5. The molecule has 6 nitrogen and oxygen atoms in total. The minimum Gasteiger partial charge on any atom is -0.491 e. The molecule has 1 aromatic heterocycles. The number of benzene rings is 2. The largest absolute Gasteiger partial charge is 0.491 e. The van der Waals surface area contributed by atoms with Crippen molar-refractivity contribution in [1.82, 2.24) is 4.98 Å². The summed E-state index contributed by atoms with van der Waals surface area (Å²) in [5.41, 5.74) is -1.38. The van der Waals surface area contributed by atoms with Crippen molar-refractivity contribution in [2.75, 3.05) is 18.5 Å². The first-order valence-corrected chi connectivity index (χ1v) is 8.85. The molecule has 0 bridgehead atoms. The molecule has 0 radical (unpaired) electrons.